The van der Waals surface area contributed by atoms with Crippen molar-refractivity contribution in [2.24, 2.45) is 11.7 Å². The molecule has 1 fully saturated rings. The summed E-state index contributed by atoms with van der Waals surface area (Å²) < 4.78 is 33.0. The van der Waals surface area contributed by atoms with E-state index in [0.29, 0.717) is 13.0 Å². The fourth-order valence-corrected chi connectivity index (χ4v) is 4.22. The molecule has 1 amide bonds. The van der Waals surface area contributed by atoms with E-state index in [9.17, 15) is 13.2 Å². The number of rotatable bonds is 0. The van der Waals surface area contributed by atoms with Gasteiger partial charge < -0.3 is 10.5 Å². The summed E-state index contributed by atoms with van der Waals surface area (Å²) in [7, 11) is -4.03. The third-order valence-corrected chi connectivity index (χ3v) is 6.11. The predicted octanol–water partition coefficient (Wildman–Crippen LogP) is 2.11. The Bertz CT molecular complexity index is 775. The standard InChI is InChI=1S/C18H24N2O4S/c19-18-13-14(18)9-5-3-1-2-4-8-12-24-15-10-6-7-11-16(15)25(22,23)20-17(18)21/h5-7,9-11,14H,1-4,8,12-13,19H2,(H,20,21)/b9-5-/t14-,18+/m0/s1. The molecular formula is C18H24N2O4S. The monoisotopic (exact) mass is 364 g/mol. The molecule has 3 N–H and O–H groups in total. The first kappa shape index (κ1) is 17.9. The average molecular weight is 364 g/mol. The average Bonchev–Trinajstić information content (AvgIpc) is 3.24. The summed E-state index contributed by atoms with van der Waals surface area (Å²) >= 11 is 0. The highest BCUT2D eigenvalue weighted by Gasteiger charge is 2.56. The first-order valence-corrected chi connectivity index (χ1v) is 10.2. The van der Waals surface area contributed by atoms with Crippen molar-refractivity contribution in [3.63, 3.8) is 0 Å². The number of sulfonamides is 1. The summed E-state index contributed by atoms with van der Waals surface area (Å²) in [5, 5.41) is 0. The molecule has 1 aliphatic carbocycles. The Morgan fingerprint density at radius 2 is 1.92 bits per heavy atom. The van der Waals surface area contributed by atoms with Gasteiger partial charge in [0.05, 0.1) is 6.61 Å². The largest absolute Gasteiger partial charge is 0.492 e. The number of para-hydroxylation sites is 1. The second-order valence-electron chi connectivity index (χ2n) is 6.71. The third-order valence-electron chi connectivity index (χ3n) is 4.74. The minimum absolute atomic E-state index is 0.0354. The van der Waals surface area contributed by atoms with Crippen LogP contribution in [-0.2, 0) is 14.8 Å². The number of nitrogens with one attached hydrogen (secondary N) is 1. The Morgan fingerprint density at radius 1 is 1.16 bits per heavy atom. The highest BCUT2D eigenvalue weighted by atomic mass is 32.2. The van der Waals surface area contributed by atoms with Crippen LogP contribution in [0.1, 0.15) is 38.5 Å². The van der Waals surface area contributed by atoms with Crippen molar-refractivity contribution in [3.8, 4) is 5.75 Å². The third kappa shape index (κ3) is 4.04. The van der Waals surface area contributed by atoms with Crippen molar-refractivity contribution < 1.29 is 17.9 Å². The van der Waals surface area contributed by atoms with E-state index in [0.717, 1.165) is 32.1 Å². The first-order chi connectivity index (χ1) is 11.9. The number of hydrogen-bond acceptors (Lipinski definition) is 5. The molecule has 1 aliphatic heterocycles. The topological polar surface area (TPSA) is 98.5 Å². The number of fused-ring (bicyclic) bond motifs is 2. The molecule has 1 aromatic carbocycles. The van der Waals surface area contributed by atoms with Crippen LogP contribution >= 0.6 is 0 Å². The molecule has 25 heavy (non-hydrogen) atoms. The van der Waals surface area contributed by atoms with Crippen molar-refractivity contribution in [3.05, 3.63) is 36.4 Å². The lowest BCUT2D eigenvalue weighted by molar-refractivity contribution is -0.121. The zero-order valence-electron chi connectivity index (χ0n) is 14.1. The molecule has 3 rings (SSSR count). The Balaban J connectivity index is 1.85. The van der Waals surface area contributed by atoms with Crippen LogP contribution in [0.25, 0.3) is 0 Å². The Hall–Kier alpha value is -1.86. The van der Waals surface area contributed by atoms with Crippen LogP contribution in [0.4, 0.5) is 0 Å². The normalized spacial score (nSPS) is 30.9. The molecule has 0 aromatic heterocycles. The first-order valence-electron chi connectivity index (χ1n) is 8.68. The van der Waals surface area contributed by atoms with Crippen LogP contribution in [-0.4, -0.2) is 26.5 Å². The molecule has 0 saturated heterocycles. The van der Waals surface area contributed by atoms with Crippen LogP contribution in [0.15, 0.2) is 41.3 Å². The minimum Gasteiger partial charge on any atom is -0.492 e. The highest BCUT2D eigenvalue weighted by Crippen LogP contribution is 2.42. The Kier molecular flexibility index (Phi) is 5.15. The van der Waals surface area contributed by atoms with Gasteiger partial charge in [0, 0.05) is 5.92 Å². The lowest BCUT2D eigenvalue weighted by Crippen LogP contribution is -2.46. The SMILES string of the molecule is N[C@]12C[C@@H]1/C=C\CCCCCCOc1ccccc1S(=O)(=O)NC2=O. The Morgan fingerprint density at radius 3 is 2.76 bits per heavy atom. The molecule has 6 nitrogen and oxygen atoms in total. The van der Waals surface area contributed by atoms with Gasteiger partial charge in [0.1, 0.15) is 16.2 Å². The smallest absolute Gasteiger partial charge is 0.267 e. The van der Waals surface area contributed by atoms with Crippen molar-refractivity contribution in [1.82, 2.24) is 4.72 Å². The van der Waals surface area contributed by atoms with Crippen LogP contribution in [0.2, 0.25) is 0 Å². The number of hydrogen-bond donors (Lipinski definition) is 2. The molecule has 2 atom stereocenters. The maximum Gasteiger partial charge on any atom is 0.267 e. The van der Waals surface area contributed by atoms with Gasteiger partial charge in [0.2, 0.25) is 0 Å². The molecule has 1 saturated carbocycles. The van der Waals surface area contributed by atoms with Gasteiger partial charge >= 0.3 is 0 Å². The van der Waals surface area contributed by atoms with Crippen LogP contribution in [0, 0.1) is 5.92 Å². The van der Waals surface area contributed by atoms with Gasteiger partial charge in [0.25, 0.3) is 15.9 Å². The van der Waals surface area contributed by atoms with Crippen LogP contribution < -0.4 is 15.2 Å². The maximum absolute atomic E-state index is 12.6. The zero-order valence-corrected chi connectivity index (χ0v) is 14.9. The van der Waals surface area contributed by atoms with Gasteiger partial charge in [-0.1, -0.05) is 37.1 Å². The van der Waals surface area contributed by atoms with Crippen LogP contribution in [0.3, 0.4) is 0 Å². The second-order valence-corrected chi connectivity index (χ2v) is 8.36. The van der Waals surface area contributed by atoms with Crippen molar-refractivity contribution in [2.75, 3.05) is 6.61 Å². The lowest BCUT2D eigenvalue weighted by Gasteiger charge is -2.15. The molecular weight excluding hydrogens is 340 g/mol. The summed E-state index contributed by atoms with van der Waals surface area (Å²) in [6.45, 7) is 0.444. The number of nitrogens with two attached hydrogens (primary N) is 1. The van der Waals surface area contributed by atoms with E-state index in [1.807, 2.05) is 12.2 Å². The summed E-state index contributed by atoms with van der Waals surface area (Å²) in [6, 6.07) is 6.34. The predicted molar refractivity (Wildman–Crippen MR) is 94.5 cm³/mol. The molecule has 7 heteroatoms. The summed E-state index contributed by atoms with van der Waals surface area (Å²) in [6.07, 6.45) is 9.44. The van der Waals surface area contributed by atoms with E-state index >= 15 is 0 Å². The van der Waals surface area contributed by atoms with E-state index in [1.165, 1.54) is 6.07 Å². The molecule has 2 aliphatic rings. The second kappa shape index (κ2) is 7.17. The minimum atomic E-state index is -4.03. The Labute approximate surface area is 148 Å². The van der Waals surface area contributed by atoms with Gasteiger partial charge in [-0.25, -0.2) is 13.1 Å². The molecule has 0 radical (unpaired) electrons. The zero-order chi connectivity index (χ0) is 17.9. The number of benzene rings is 1. The number of carbonyl (C=O) groups is 1. The molecule has 1 aromatic rings. The van der Waals surface area contributed by atoms with E-state index in [4.69, 9.17) is 10.5 Å². The fourth-order valence-electron chi connectivity index (χ4n) is 3.03. The van der Waals surface area contributed by atoms with E-state index in [1.54, 1.807) is 18.2 Å². The van der Waals surface area contributed by atoms with Gasteiger partial charge in [-0.15, -0.1) is 0 Å². The molecule has 0 spiro atoms. The van der Waals surface area contributed by atoms with Crippen molar-refractivity contribution in [1.29, 1.82) is 0 Å². The summed E-state index contributed by atoms with van der Waals surface area (Å²) in [5.41, 5.74) is 4.94. The van der Waals surface area contributed by atoms with Crippen LogP contribution in [0.5, 0.6) is 5.75 Å². The maximum atomic E-state index is 12.6. The van der Waals surface area contributed by atoms with Gasteiger partial charge in [-0.2, -0.15) is 0 Å². The van der Waals surface area contributed by atoms with Gasteiger partial charge in [-0.05, 0) is 37.8 Å². The molecule has 0 unspecified atom stereocenters. The summed E-state index contributed by atoms with van der Waals surface area (Å²) in [4.78, 5) is 12.4. The fraction of sp³-hybridized carbons (Fsp3) is 0.500. The molecule has 136 valence electrons. The number of amides is 1. The van der Waals surface area contributed by atoms with Gasteiger partial charge in [-0.3, -0.25) is 4.79 Å². The van der Waals surface area contributed by atoms with Gasteiger partial charge in [0.15, 0.2) is 0 Å². The van der Waals surface area contributed by atoms with E-state index < -0.39 is 21.5 Å². The summed E-state index contributed by atoms with van der Waals surface area (Å²) in [5.74, 6) is -0.514. The van der Waals surface area contributed by atoms with Crippen molar-refractivity contribution in [2.45, 2.75) is 49.0 Å². The quantitative estimate of drug-likeness (QED) is 0.687. The highest BCUT2D eigenvalue weighted by molar-refractivity contribution is 7.90. The number of allylic oxidation sites excluding steroid dienone is 1. The molecule has 1 heterocycles. The number of ether oxygens (including phenoxy) is 1. The lowest BCUT2D eigenvalue weighted by atomic mass is 10.1. The van der Waals surface area contributed by atoms with E-state index in [2.05, 4.69) is 4.72 Å². The van der Waals surface area contributed by atoms with Crippen molar-refractivity contribution >= 4 is 15.9 Å². The molecule has 0 bridgehead atoms. The number of carbonyl (C=O) groups excluding carboxylic acids is 1. The van der Waals surface area contributed by atoms with E-state index in [-0.39, 0.29) is 16.6 Å².